The molecule has 0 spiro atoms. The van der Waals surface area contributed by atoms with Gasteiger partial charge in [0.05, 0.1) is 24.8 Å². The largest absolute Gasteiger partial charge is 0.373 e. The highest BCUT2D eigenvalue weighted by molar-refractivity contribution is 14.0. The number of nitrogens with one attached hydrogen (secondary N) is 2. The quantitative estimate of drug-likeness (QED) is 0.395. The molecule has 2 N–H and O–H groups in total. The fraction of sp³-hybridized carbons (Fsp3) is 0.562. The van der Waals surface area contributed by atoms with Gasteiger partial charge in [0.25, 0.3) is 0 Å². The minimum absolute atomic E-state index is 0. The van der Waals surface area contributed by atoms with Crippen LogP contribution in [0.3, 0.4) is 0 Å². The SMILES string of the molecule is CCNC(=NCc1ccc(Br)cc1)NC1CC2CCC1O2.I. The van der Waals surface area contributed by atoms with Crippen molar-refractivity contribution in [3.05, 3.63) is 34.3 Å². The van der Waals surface area contributed by atoms with Crippen molar-refractivity contribution >= 4 is 45.9 Å². The summed E-state index contributed by atoms with van der Waals surface area (Å²) in [5.41, 5.74) is 1.21. The molecule has 22 heavy (non-hydrogen) atoms. The Morgan fingerprint density at radius 2 is 2.09 bits per heavy atom. The van der Waals surface area contributed by atoms with Crippen LogP contribution in [0.15, 0.2) is 33.7 Å². The van der Waals surface area contributed by atoms with Gasteiger partial charge < -0.3 is 15.4 Å². The van der Waals surface area contributed by atoms with E-state index in [0.29, 0.717) is 24.8 Å². The van der Waals surface area contributed by atoms with Crippen molar-refractivity contribution in [1.29, 1.82) is 0 Å². The third-order valence-electron chi connectivity index (χ3n) is 4.11. The Kier molecular flexibility index (Phi) is 6.95. The van der Waals surface area contributed by atoms with Crippen molar-refractivity contribution in [2.24, 2.45) is 4.99 Å². The minimum atomic E-state index is 0. The van der Waals surface area contributed by atoms with Gasteiger partial charge in [-0.05, 0) is 43.9 Å². The van der Waals surface area contributed by atoms with Crippen LogP contribution in [0.25, 0.3) is 0 Å². The van der Waals surface area contributed by atoms with Crippen LogP contribution in [0.5, 0.6) is 0 Å². The molecule has 0 aliphatic carbocycles. The Balaban J connectivity index is 0.00000176. The molecule has 0 radical (unpaired) electrons. The molecule has 4 nitrogen and oxygen atoms in total. The van der Waals surface area contributed by atoms with E-state index in [-0.39, 0.29) is 24.0 Å². The third-order valence-corrected chi connectivity index (χ3v) is 4.63. The van der Waals surface area contributed by atoms with Gasteiger partial charge in [-0.1, -0.05) is 28.1 Å². The number of rotatable bonds is 4. The van der Waals surface area contributed by atoms with Gasteiger partial charge in [0.1, 0.15) is 0 Å². The summed E-state index contributed by atoms with van der Waals surface area (Å²) in [7, 11) is 0. The average molecular weight is 480 g/mol. The first kappa shape index (κ1) is 18.0. The molecule has 2 saturated heterocycles. The summed E-state index contributed by atoms with van der Waals surface area (Å²) in [5, 5.41) is 6.86. The fourth-order valence-electron chi connectivity index (χ4n) is 3.05. The molecule has 0 saturated carbocycles. The van der Waals surface area contributed by atoms with Gasteiger partial charge in [0.15, 0.2) is 5.96 Å². The maximum Gasteiger partial charge on any atom is 0.191 e. The number of hydrogen-bond acceptors (Lipinski definition) is 2. The van der Waals surface area contributed by atoms with Gasteiger partial charge >= 0.3 is 0 Å². The summed E-state index contributed by atoms with van der Waals surface area (Å²) in [6.45, 7) is 3.65. The molecular weight excluding hydrogens is 457 g/mol. The van der Waals surface area contributed by atoms with E-state index in [4.69, 9.17) is 4.74 Å². The molecule has 1 aromatic carbocycles. The lowest BCUT2D eigenvalue weighted by atomic mass is 9.96. The fourth-order valence-corrected chi connectivity index (χ4v) is 3.31. The van der Waals surface area contributed by atoms with Gasteiger partial charge in [-0.3, -0.25) is 0 Å². The lowest BCUT2D eigenvalue weighted by molar-refractivity contribution is 0.0992. The molecule has 0 aromatic heterocycles. The Morgan fingerprint density at radius 1 is 1.32 bits per heavy atom. The van der Waals surface area contributed by atoms with Crippen LogP contribution in [0.4, 0.5) is 0 Å². The monoisotopic (exact) mass is 479 g/mol. The normalized spacial score (nSPS) is 26.6. The number of ether oxygens (including phenoxy) is 1. The number of aliphatic imine (C=N–C) groups is 1. The lowest BCUT2D eigenvalue weighted by Gasteiger charge is -2.22. The molecule has 3 unspecified atom stereocenters. The van der Waals surface area contributed by atoms with Crippen LogP contribution in [-0.2, 0) is 11.3 Å². The zero-order valence-corrected chi connectivity index (χ0v) is 16.6. The molecular formula is C16H23BrIN3O. The maximum absolute atomic E-state index is 5.89. The van der Waals surface area contributed by atoms with E-state index >= 15 is 0 Å². The number of guanidine groups is 1. The van der Waals surface area contributed by atoms with E-state index in [9.17, 15) is 0 Å². The first-order chi connectivity index (χ1) is 10.2. The molecule has 3 rings (SSSR count). The van der Waals surface area contributed by atoms with E-state index in [1.807, 2.05) is 0 Å². The van der Waals surface area contributed by atoms with Crippen molar-refractivity contribution in [1.82, 2.24) is 10.6 Å². The number of benzene rings is 1. The van der Waals surface area contributed by atoms with E-state index in [1.165, 1.54) is 18.4 Å². The van der Waals surface area contributed by atoms with Crippen LogP contribution in [0.1, 0.15) is 31.7 Å². The standard InChI is InChI=1S/C16H22BrN3O.HI/c1-2-18-16(19-10-11-3-5-12(17)6-4-11)20-14-9-13-7-8-15(14)21-13;/h3-6,13-15H,2,7-10H2,1H3,(H2,18,19,20);1H. The zero-order chi connectivity index (χ0) is 14.7. The first-order valence-corrected chi connectivity index (χ1v) is 8.48. The molecule has 2 aliphatic heterocycles. The molecule has 0 amide bonds. The van der Waals surface area contributed by atoms with Gasteiger partial charge in [0, 0.05) is 11.0 Å². The summed E-state index contributed by atoms with van der Waals surface area (Å²) < 4.78 is 6.99. The highest BCUT2D eigenvalue weighted by Crippen LogP contribution is 2.34. The third kappa shape index (κ3) is 4.58. The Hall–Kier alpha value is -0.340. The molecule has 1 aromatic rings. The van der Waals surface area contributed by atoms with E-state index in [1.54, 1.807) is 0 Å². The van der Waals surface area contributed by atoms with Crippen molar-refractivity contribution in [2.45, 2.75) is 51.0 Å². The highest BCUT2D eigenvalue weighted by Gasteiger charge is 2.41. The summed E-state index contributed by atoms with van der Waals surface area (Å²) in [6.07, 6.45) is 4.32. The van der Waals surface area contributed by atoms with Crippen molar-refractivity contribution in [3.8, 4) is 0 Å². The van der Waals surface area contributed by atoms with Crippen molar-refractivity contribution in [3.63, 3.8) is 0 Å². The average Bonchev–Trinajstić information content (AvgIpc) is 3.09. The van der Waals surface area contributed by atoms with Crippen LogP contribution < -0.4 is 10.6 Å². The van der Waals surface area contributed by atoms with Crippen LogP contribution >= 0.6 is 39.9 Å². The maximum atomic E-state index is 5.89. The predicted octanol–water partition coefficient (Wildman–Crippen LogP) is 3.44. The number of fused-ring (bicyclic) bond motifs is 2. The number of hydrogen-bond donors (Lipinski definition) is 2. The van der Waals surface area contributed by atoms with E-state index in [2.05, 4.69) is 62.7 Å². The Bertz CT molecular complexity index is 509. The molecule has 2 bridgehead atoms. The summed E-state index contributed by atoms with van der Waals surface area (Å²) in [6, 6.07) is 8.70. The molecule has 122 valence electrons. The summed E-state index contributed by atoms with van der Waals surface area (Å²) in [4.78, 5) is 4.68. The second-order valence-corrected chi connectivity index (χ2v) is 6.60. The summed E-state index contributed by atoms with van der Waals surface area (Å²) in [5.74, 6) is 0.890. The molecule has 6 heteroatoms. The summed E-state index contributed by atoms with van der Waals surface area (Å²) >= 11 is 3.45. The van der Waals surface area contributed by atoms with E-state index < -0.39 is 0 Å². The smallest absolute Gasteiger partial charge is 0.191 e. The van der Waals surface area contributed by atoms with Gasteiger partial charge in [-0.15, -0.1) is 24.0 Å². The molecule has 2 fully saturated rings. The van der Waals surface area contributed by atoms with E-state index in [0.717, 1.165) is 23.4 Å². The van der Waals surface area contributed by atoms with Gasteiger partial charge in [0.2, 0.25) is 0 Å². The van der Waals surface area contributed by atoms with Gasteiger partial charge in [-0.25, -0.2) is 4.99 Å². The Labute approximate surface area is 157 Å². The van der Waals surface area contributed by atoms with Crippen LogP contribution in [-0.4, -0.2) is 30.8 Å². The molecule has 3 atom stereocenters. The Morgan fingerprint density at radius 3 is 2.68 bits per heavy atom. The minimum Gasteiger partial charge on any atom is -0.373 e. The molecule has 2 heterocycles. The second kappa shape index (κ2) is 8.49. The number of nitrogens with zero attached hydrogens (tertiary/aromatic N) is 1. The zero-order valence-electron chi connectivity index (χ0n) is 12.7. The predicted molar refractivity (Wildman–Crippen MR) is 104 cm³/mol. The van der Waals surface area contributed by atoms with Gasteiger partial charge in [-0.2, -0.15) is 0 Å². The highest BCUT2D eigenvalue weighted by atomic mass is 127. The molecule has 2 aliphatic rings. The van der Waals surface area contributed by atoms with Crippen LogP contribution in [0, 0.1) is 0 Å². The van der Waals surface area contributed by atoms with Crippen molar-refractivity contribution < 1.29 is 4.74 Å². The second-order valence-electron chi connectivity index (χ2n) is 5.68. The topological polar surface area (TPSA) is 45.7 Å². The number of halogens is 2. The lowest BCUT2D eigenvalue weighted by Crippen LogP contribution is -2.47. The van der Waals surface area contributed by atoms with Crippen molar-refractivity contribution in [2.75, 3.05) is 6.54 Å². The van der Waals surface area contributed by atoms with Crippen LogP contribution in [0.2, 0.25) is 0 Å². The first-order valence-electron chi connectivity index (χ1n) is 7.69.